The fraction of sp³-hybridized carbons (Fsp3) is 0.0588. The molecule has 0 atom stereocenters. The molecule has 0 amide bonds. The highest BCUT2D eigenvalue weighted by atomic mass is 32.1. The van der Waals surface area contributed by atoms with Gasteiger partial charge in [0, 0.05) is 5.56 Å². The van der Waals surface area contributed by atoms with E-state index >= 15 is 0 Å². The summed E-state index contributed by atoms with van der Waals surface area (Å²) in [6.07, 6.45) is 4.02. The first kappa shape index (κ1) is 12.8. The molecule has 2 nitrogen and oxygen atoms in total. The van der Waals surface area contributed by atoms with Crippen LogP contribution in [0.3, 0.4) is 0 Å². The summed E-state index contributed by atoms with van der Waals surface area (Å²) in [6.45, 7) is 1.58. The third-order valence-corrected chi connectivity index (χ3v) is 4.05. The van der Waals surface area contributed by atoms with Crippen molar-refractivity contribution in [1.82, 2.24) is 4.98 Å². The Morgan fingerprint density at radius 2 is 1.80 bits per heavy atom. The van der Waals surface area contributed by atoms with Gasteiger partial charge < -0.3 is 0 Å². The van der Waals surface area contributed by atoms with Crippen LogP contribution in [0.5, 0.6) is 0 Å². The van der Waals surface area contributed by atoms with Crippen molar-refractivity contribution in [2.75, 3.05) is 0 Å². The second kappa shape index (κ2) is 5.39. The molecule has 0 aliphatic carbocycles. The largest absolute Gasteiger partial charge is 0.295 e. The van der Waals surface area contributed by atoms with Gasteiger partial charge in [-0.05, 0) is 30.7 Å². The number of hydrogen-bond donors (Lipinski definition) is 0. The first-order valence-electron chi connectivity index (χ1n) is 6.37. The third kappa shape index (κ3) is 2.68. The van der Waals surface area contributed by atoms with Crippen LogP contribution in [0, 0.1) is 0 Å². The molecule has 20 heavy (non-hydrogen) atoms. The lowest BCUT2D eigenvalue weighted by atomic mass is 10.1. The molecule has 98 valence electrons. The molecule has 1 aromatic heterocycles. The Morgan fingerprint density at radius 3 is 2.50 bits per heavy atom. The molecule has 2 aromatic carbocycles. The van der Waals surface area contributed by atoms with Gasteiger partial charge in [-0.1, -0.05) is 42.5 Å². The van der Waals surface area contributed by atoms with Gasteiger partial charge in [0.2, 0.25) is 0 Å². The van der Waals surface area contributed by atoms with Crippen LogP contribution in [-0.4, -0.2) is 10.8 Å². The van der Waals surface area contributed by atoms with E-state index in [0.717, 1.165) is 21.7 Å². The van der Waals surface area contributed by atoms with Crippen LogP contribution >= 0.6 is 11.3 Å². The molecule has 3 aromatic rings. The highest BCUT2D eigenvalue weighted by Crippen LogP contribution is 2.23. The van der Waals surface area contributed by atoms with E-state index in [-0.39, 0.29) is 5.78 Å². The zero-order valence-corrected chi connectivity index (χ0v) is 11.9. The lowest BCUT2D eigenvalue weighted by molar-refractivity contribution is 0.101. The Morgan fingerprint density at radius 1 is 1.05 bits per heavy atom. The summed E-state index contributed by atoms with van der Waals surface area (Å²) in [6, 6.07) is 15.7. The van der Waals surface area contributed by atoms with Crippen LogP contribution < -0.4 is 0 Å². The molecule has 0 bridgehead atoms. The minimum atomic E-state index is 0.0895. The number of aromatic nitrogens is 1. The van der Waals surface area contributed by atoms with Gasteiger partial charge in [-0.25, -0.2) is 4.98 Å². The maximum absolute atomic E-state index is 11.2. The van der Waals surface area contributed by atoms with E-state index in [9.17, 15) is 4.79 Å². The Balaban J connectivity index is 1.84. The molecule has 0 spiro atoms. The molecule has 0 unspecified atom stereocenters. The molecule has 0 fully saturated rings. The lowest BCUT2D eigenvalue weighted by Crippen LogP contribution is -1.90. The van der Waals surface area contributed by atoms with Gasteiger partial charge in [-0.3, -0.25) is 4.79 Å². The number of hydrogen-bond acceptors (Lipinski definition) is 3. The summed E-state index contributed by atoms with van der Waals surface area (Å²) < 4.78 is 1.19. The van der Waals surface area contributed by atoms with Crippen LogP contribution in [0.15, 0.2) is 48.5 Å². The Kier molecular flexibility index (Phi) is 3.44. The summed E-state index contributed by atoms with van der Waals surface area (Å²) in [5.74, 6) is 0.0895. The number of nitrogens with zero attached hydrogens (tertiary/aromatic N) is 1. The van der Waals surface area contributed by atoms with Gasteiger partial charge in [-0.15, -0.1) is 11.3 Å². The number of ketones is 1. The van der Waals surface area contributed by atoms with Gasteiger partial charge in [0.05, 0.1) is 10.2 Å². The van der Waals surface area contributed by atoms with Crippen LogP contribution in [-0.2, 0) is 0 Å². The predicted octanol–water partition coefficient (Wildman–Crippen LogP) is 4.67. The lowest BCUT2D eigenvalue weighted by Gasteiger charge is -1.96. The zero-order valence-electron chi connectivity index (χ0n) is 11.0. The number of carbonyl (C=O) groups excluding carboxylic acids is 1. The van der Waals surface area contributed by atoms with Crippen molar-refractivity contribution in [3.63, 3.8) is 0 Å². The van der Waals surface area contributed by atoms with Crippen molar-refractivity contribution in [2.24, 2.45) is 0 Å². The molecule has 3 heteroatoms. The van der Waals surface area contributed by atoms with Crippen molar-refractivity contribution in [3.8, 4) is 0 Å². The van der Waals surface area contributed by atoms with Crippen molar-refractivity contribution in [2.45, 2.75) is 6.92 Å². The number of carbonyl (C=O) groups is 1. The third-order valence-electron chi connectivity index (χ3n) is 3.05. The van der Waals surface area contributed by atoms with E-state index in [1.807, 2.05) is 54.6 Å². The summed E-state index contributed by atoms with van der Waals surface area (Å²) in [5.41, 5.74) is 2.83. The van der Waals surface area contributed by atoms with E-state index in [0.29, 0.717) is 0 Å². The van der Waals surface area contributed by atoms with Crippen LogP contribution in [0.2, 0.25) is 0 Å². The monoisotopic (exact) mass is 279 g/mol. The zero-order chi connectivity index (χ0) is 13.9. The average Bonchev–Trinajstić information content (AvgIpc) is 2.88. The Labute approximate surface area is 121 Å². The molecular weight excluding hydrogens is 266 g/mol. The predicted molar refractivity (Wildman–Crippen MR) is 85.0 cm³/mol. The van der Waals surface area contributed by atoms with E-state index < -0.39 is 0 Å². The second-order valence-corrected chi connectivity index (χ2v) is 5.59. The average molecular weight is 279 g/mol. The van der Waals surface area contributed by atoms with Gasteiger partial charge in [-0.2, -0.15) is 0 Å². The molecule has 1 heterocycles. The highest BCUT2D eigenvalue weighted by Gasteiger charge is 2.00. The molecule has 0 aliphatic heterocycles. The smallest absolute Gasteiger partial charge is 0.159 e. The summed E-state index contributed by atoms with van der Waals surface area (Å²) in [7, 11) is 0. The maximum atomic E-state index is 11.2. The number of thiazole rings is 1. The second-order valence-electron chi connectivity index (χ2n) is 4.53. The number of rotatable bonds is 3. The maximum Gasteiger partial charge on any atom is 0.159 e. The number of para-hydroxylation sites is 1. The number of Topliss-reactive ketones (excluding diaryl/α,β-unsaturated/α-hetero) is 1. The highest BCUT2D eigenvalue weighted by molar-refractivity contribution is 7.19. The summed E-state index contributed by atoms with van der Waals surface area (Å²) >= 11 is 1.67. The summed E-state index contributed by atoms with van der Waals surface area (Å²) in [4.78, 5) is 15.8. The van der Waals surface area contributed by atoms with E-state index in [4.69, 9.17) is 0 Å². The quantitative estimate of drug-likeness (QED) is 0.652. The van der Waals surface area contributed by atoms with Gasteiger partial charge >= 0.3 is 0 Å². The van der Waals surface area contributed by atoms with Crippen molar-refractivity contribution >= 4 is 39.5 Å². The number of benzene rings is 2. The standard InChI is InChI=1S/C17H13NOS/c1-12(19)14-9-6-13(7-10-14)8-11-17-18-15-4-2-3-5-16(15)20-17/h2-11H,1H3/b11-8+. The first-order chi connectivity index (χ1) is 9.72. The fourth-order valence-corrected chi connectivity index (χ4v) is 2.83. The van der Waals surface area contributed by atoms with Crippen molar-refractivity contribution in [1.29, 1.82) is 0 Å². The summed E-state index contributed by atoms with van der Waals surface area (Å²) in [5, 5.41) is 0.988. The van der Waals surface area contributed by atoms with Crippen LogP contribution in [0.4, 0.5) is 0 Å². The van der Waals surface area contributed by atoms with Crippen LogP contribution in [0.1, 0.15) is 27.9 Å². The van der Waals surface area contributed by atoms with Crippen molar-refractivity contribution < 1.29 is 4.79 Å². The van der Waals surface area contributed by atoms with E-state index in [1.165, 1.54) is 4.70 Å². The van der Waals surface area contributed by atoms with Crippen molar-refractivity contribution in [3.05, 3.63) is 64.7 Å². The molecule has 0 saturated heterocycles. The minimum Gasteiger partial charge on any atom is -0.295 e. The van der Waals surface area contributed by atoms with Gasteiger partial charge in [0.15, 0.2) is 5.78 Å². The van der Waals surface area contributed by atoms with E-state index in [2.05, 4.69) is 11.1 Å². The molecule has 0 aliphatic rings. The minimum absolute atomic E-state index is 0.0895. The Bertz CT molecular complexity index is 751. The van der Waals surface area contributed by atoms with Gasteiger partial charge in [0.25, 0.3) is 0 Å². The topological polar surface area (TPSA) is 30.0 Å². The van der Waals surface area contributed by atoms with E-state index in [1.54, 1.807) is 18.3 Å². The molecule has 0 N–H and O–H groups in total. The van der Waals surface area contributed by atoms with Gasteiger partial charge in [0.1, 0.15) is 5.01 Å². The van der Waals surface area contributed by atoms with Crippen LogP contribution in [0.25, 0.3) is 22.4 Å². The number of fused-ring (bicyclic) bond motifs is 1. The fourth-order valence-electron chi connectivity index (χ4n) is 1.96. The molecule has 0 radical (unpaired) electrons. The molecule has 3 rings (SSSR count). The molecular formula is C17H13NOS. The SMILES string of the molecule is CC(=O)c1ccc(/C=C/c2nc3ccccc3s2)cc1. The first-order valence-corrected chi connectivity index (χ1v) is 7.19. The normalized spacial score (nSPS) is 11.2. The molecule has 0 saturated carbocycles. The Hall–Kier alpha value is -2.26.